The van der Waals surface area contributed by atoms with Gasteiger partial charge in [0.05, 0.1) is 17.1 Å². The molecule has 0 aliphatic carbocycles. The van der Waals surface area contributed by atoms with Gasteiger partial charge in [-0.2, -0.15) is 4.99 Å². The summed E-state index contributed by atoms with van der Waals surface area (Å²) in [6, 6.07) is 0. The van der Waals surface area contributed by atoms with Gasteiger partial charge in [-0.1, -0.05) is 0 Å². The summed E-state index contributed by atoms with van der Waals surface area (Å²) in [5.74, 6) is -0.845. The molecular formula is C9H13N5O. The Hall–Kier alpha value is -1.98. The highest BCUT2D eigenvalue weighted by atomic mass is 16.1. The van der Waals surface area contributed by atoms with Crippen molar-refractivity contribution < 1.29 is 4.79 Å². The predicted octanol–water partition coefficient (Wildman–Crippen LogP) is -0.185. The molecule has 0 radical (unpaired) electrons. The van der Waals surface area contributed by atoms with E-state index >= 15 is 0 Å². The van der Waals surface area contributed by atoms with Crippen molar-refractivity contribution in [1.82, 2.24) is 9.97 Å². The molecule has 1 aromatic heterocycles. The number of carbonyl (C=O) groups is 1. The van der Waals surface area contributed by atoms with E-state index in [2.05, 4.69) is 15.0 Å². The second-order valence-electron chi connectivity index (χ2n) is 3.17. The minimum absolute atomic E-state index is 0.187. The van der Waals surface area contributed by atoms with Crippen LogP contribution in [-0.4, -0.2) is 21.8 Å². The fraction of sp³-hybridized carbons (Fsp3) is 0.333. The topological polar surface area (TPSA) is 107 Å². The summed E-state index contributed by atoms with van der Waals surface area (Å²) >= 11 is 0. The number of aliphatic imine (C=N–C) groups is 1. The van der Waals surface area contributed by atoms with Crippen LogP contribution >= 0.6 is 0 Å². The van der Waals surface area contributed by atoms with Gasteiger partial charge < -0.3 is 11.5 Å². The SMILES string of the molecule is Cc1nc(C)c(C(=O)N=C(N)N)nc1C. The second-order valence-corrected chi connectivity index (χ2v) is 3.17. The van der Waals surface area contributed by atoms with Crippen molar-refractivity contribution in [2.45, 2.75) is 20.8 Å². The van der Waals surface area contributed by atoms with E-state index in [1.807, 2.05) is 6.92 Å². The van der Waals surface area contributed by atoms with Gasteiger partial charge in [-0.15, -0.1) is 0 Å². The Morgan fingerprint density at radius 1 is 1.07 bits per heavy atom. The molecule has 0 atom stereocenters. The van der Waals surface area contributed by atoms with E-state index in [1.165, 1.54) is 0 Å². The molecule has 1 aromatic rings. The molecule has 1 rings (SSSR count). The van der Waals surface area contributed by atoms with Gasteiger partial charge in [0.15, 0.2) is 11.7 Å². The molecule has 0 saturated heterocycles. The van der Waals surface area contributed by atoms with Crippen LogP contribution in [0.5, 0.6) is 0 Å². The number of carbonyl (C=O) groups excluding carboxylic acids is 1. The van der Waals surface area contributed by atoms with Crippen molar-refractivity contribution in [3.63, 3.8) is 0 Å². The molecule has 0 aliphatic rings. The minimum Gasteiger partial charge on any atom is -0.370 e. The highest BCUT2D eigenvalue weighted by Crippen LogP contribution is 2.07. The van der Waals surface area contributed by atoms with E-state index in [0.717, 1.165) is 5.69 Å². The third kappa shape index (κ3) is 2.49. The molecule has 0 saturated carbocycles. The second kappa shape index (κ2) is 4.04. The highest BCUT2D eigenvalue weighted by Gasteiger charge is 2.12. The van der Waals surface area contributed by atoms with Gasteiger partial charge in [0.2, 0.25) is 0 Å². The van der Waals surface area contributed by atoms with Crippen molar-refractivity contribution in [2.24, 2.45) is 16.5 Å². The fourth-order valence-corrected chi connectivity index (χ4v) is 1.09. The van der Waals surface area contributed by atoms with Gasteiger partial charge in [0.25, 0.3) is 0 Å². The number of rotatable bonds is 1. The number of guanidine groups is 1. The van der Waals surface area contributed by atoms with Gasteiger partial charge in [-0.25, -0.2) is 4.98 Å². The van der Waals surface area contributed by atoms with Crippen molar-refractivity contribution in [1.29, 1.82) is 0 Å². The molecule has 1 heterocycles. The molecule has 15 heavy (non-hydrogen) atoms. The van der Waals surface area contributed by atoms with Crippen LogP contribution in [0.2, 0.25) is 0 Å². The fourth-order valence-electron chi connectivity index (χ4n) is 1.09. The minimum atomic E-state index is -0.567. The van der Waals surface area contributed by atoms with E-state index in [4.69, 9.17) is 11.5 Å². The highest BCUT2D eigenvalue weighted by molar-refractivity contribution is 6.01. The first-order valence-electron chi connectivity index (χ1n) is 4.37. The number of nitrogens with zero attached hydrogens (tertiary/aromatic N) is 3. The normalized spacial score (nSPS) is 9.80. The van der Waals surface area contributed by atoms with Crippen LogP contribution in [0.3, 0.4) is 0 Å². The summed E-state index contributed by atoms with van der Waals surface area (Å²) in [5, 5.41) is 0. The quantitative estimate of drug-likeness (QED) is 0.490. The molecule has 4 N–H and O–H groups in total. The summed E-state index contributed by atoms with van der Waals surface area (Å²) in [6.07, 6.45) is 0. The maximum absolute atomic E-state index is 11.5. The number of amides is 1. The Balaban J connectivity index is 3.21. The summed E-state index contributed by atoms with van der Waals surface area (Å²) in [4.78, 5) is 23.2. The molecule has 0 aliphatic heterocycles. The maximum atomic E-state index is 11.5. The molecule has 6 heteroatoms. The number of aryl methyl sites for hydroxylation is 3. The first-order valence-corrected chi connectivity index (χ1v) is 4.37. The summed E-state index contributed by atoms with van der Waals surface area (Å²) < 4.78 is 0. The average molecular weight is 207 g/mol. The van der Waals surface area contributed by atoms with Crippen LogP contribution in [0.4, 0.5) is 0 Å². The molecule has 0 bridgehead atoms. The van der Waals surface area contributed by atoms with Crippen LogP contribution in [-0.2, 0) is 0 Å². The van der Waals surface area contributed by atoms with Gasteiger partial charge in [0.1, 0.15) is 0 Å². The van der Waals surface area contributed by atoms with Crippen molar-refractivity contribution in [3.05, 3.63) is 22.8 Å². The van der Waals surface area contributed by atoms with Crippen molar-refractivity contribution in [3.8, 4) is 0 Å². The Morgan fingerprint density at radius 3 is 2.13 bits per heavy atom. The van der Waals surface area contributed by atoms with E-state index in [9.17, 15) is 4.79 Å². The van der Waals surface area contributed by atoms with Crippen molar-refractivity contribution in [2.75, 3.05) is 0 Å². The molecule has 0 unspecified atom stereocenters. The third-order valence-corrected chi connectivity index (χ3v) is 1.91. The summed E-state index contributed by atoms with van der Waals surface area (Å²) in [5.41, 5.74) is 12.4. The Kier molecular flexibility index (Phi) is 2.99. The zero-order valence-electron chi connectivity index (χ0n) is 8.90. The van der Waals surface area contributed by atoms with Crippen LogP contribution in [0.25, 0.3) is 0 Å². The van der Waals surface area contributed by atoms with Gasteiger partial charge in [0, 0.05) is 0 Å². The van der Waals surface area contributed by atoms with Crippen molar-refractivity contribution >= 4 is 11.9 Å². The predicted molar refractivity (Wildman–Crippen MR) is 56.4 cm³/mol. The van der Waals surface area contributed by atoms with E-state index in [-0.39, 0.29) is 11.7 Å². The first-order chi connectivity index (χ1) is 6.91. The van der Waals surface area contributed by atoms with E-state index in [1.54, 1.807) is 13.8 Å². The molecular weight excluding hydrogens is 194 g/mol. The largest absolute Gasteiger partial charge is 0.370 e. The third-order valence-electron chi connectivity index (χ3n) is 1.91. The van der Waals surface area contributed by atoms with Gasteiger partial charge >= 0.3 is 5.91 Å². The molecule has 0 spiro atoms. The lowest BCUT2D eigenvalue weighted by Crippen LogP contribution is -2.24. The zero-order valence-corrected chi connectivity index (χ0v) is 8.90. The number of hydrogen-bond acceptors (Lipinski definition) is 3. The zero-order chi connectivity index (χ0) is 11.6. The lowest BCUT2D eigenvalue weighted by molar-refractivity contribution is 0.0996. The maximum Gasteiger partial charge on any atom is 0.300 e. The van der Waals surface area contributed by atoms with Crippen LogP contribution < -0.4 is 11.5 Å². The number of aromatic nitrogens is 2. The first kappa shape index (κ1) is 11.1. The molecule has 0 fully saturated rings. The molecule has 1 amide bonds. The number of nitrogens with two attached hydrogens (primary N) is 2. The molecule has 0 aromatic carbocycles. The number of hydrogen-bond donors (Lipinski definition) is 2. The van der Waals surface area contributed by atoms with E-state index < -0.39 is 5.91 Å². The van der Waals surface area contributed by atoms with Crippen LogP contribution in [0.15, 0.2) is 4.99 Å². The lowest BCUT2D eigenvalue weighted by Gasteiger charge is -2.04. The van der Waals surface area contributed by atoms with Gasteiger partial charge in [-0.3, -0.25) is 9.78 Å². The Bertz CT molecular complexity index is 434. The average Bonchev–Trinajstić information content (AvgIpc) is 2.09. The van der Waals surface area contributed by atoms with Crippen LogP contribution in [0, 0.1) is 20.8 Å². The lowest BCUT2D eigenvalue weighted by atomic mass is 10.2. The summed E-state index contributed by atoms with van der Waals surface area (Å²) in [7, 11) is 0. The monoisotopic (exact) mass is 207 g/mol. The van der Waals surface area contributed by atoms with Crippen LogP contribution in [0.1, 0.15) is 27.6 Å². The molecule has 6 nitrogen and oxygen atoms in total. The summed E-state index contributed by atoms with van der Waals surface area (Å²) in [6.45, 7) is 5.28. The van der Waals surface area contributed by atoms with Gasteiger partial charge in [-0.05, 0) is 20.8 Å². The molecule has 80 valence electrons. The Labute approximate surface area is 87.4 Å². The standard InChI is InChI=1S/C9H13N5O/c1-4-5(2)13-7(6(3)12-4)8(15)14-9(10)11/h1-3H3,(H4,10,11,14,15). The van der Waals surface area contributed by atoms with E-state index in [0.29, 0.717) is 11.4 Å². The smallest absolute Gasteiger partial charge is 0.300 e. The Morgan fingerprint density at radius 2 is 1.60 bits per heavy atom.